The van der Waals surface area contributed by atoms with Crippen molar-refractivity contribution >= 4 is 33.1 Å². The molecule has 0 fully saturated rings. The number of halogens is 1. The molecule has 0 aliphatic heterocycles. The van der Waals surface area contributed by atoms with Crippen LogP contribution in [-0.4, -0.2) is 32.0 Å². The first-order valence-electron chi connectivity index (χ1n) is 8.17. The Morgan fingerprint density at radius 3 is 2.36 bits per heavy atom. The molecular formula is C18H21FN4O4S. The van der Waals surface area contributed by atoms with Crippen LogP contribution in [0.3, 0.4) is 0 Å². The quantitative estimate of drug-likeness (QED) is 0.242. The Balaban J connectivity index is 2.19. The fourth-order valence-corrected chi connectivity index (χ4v) is 3.15. The molecule has 0 aromatic heterocycles. The molecule has 0 aliphatic carbocycles. The number of benzene rings is 2. The number of rotatable bonds is 7. The van der Waals surface area contributed by atoms with E-state index in [0.717, 1.165) is 0 Å². The van der Waals surface area contributed by atoms with E-state index < -0.39 is 28.0 Å². The number of sulfonamides is 1. The number of amides is 1. The van der Waals surface area contributed by atoms with E-state index in [1.165, 1.54) is 50.2 Å². The molecule has 0 saturated heterocycles. The molecule has 0 unspecified atom stereocenters. The summed E-state index contributed by atoms with van der Waals surface area (Å²) in [5.74, 6) is -0.662. The fourth-order valence-electron chi connectivity index (χ4n) is 2.10. The number of carbonyl (C=O) groups excluding carboxylic acids is 1. The lowest BCUT2D eigenvalue weighted by atomic mass is 9.94. The summed E-state index contributed by atoms with van der Waals surface area (Å²) in [6.45, 7) is 2.10. The highest BCUT2D eigenvalue weighted by atomic mass is 32.2. The first kappa shape index (κ1) is 21.2. The van der Waals surface area contributed by atoms with Gasteiger partial charge in [-0.1, -0.05) is 11.2 Å². The molecule has 2 aromatic rings. The molecule has 28 heavy (non-hydrogen) atoms. The number of carbonyl (C=O) groups is 1. The van der Waals surface area contributed by atoms with E-state index in [9.17, 15) is 17.6 Å². The maximum absolute atomic E-state index is 12.9. The fraction of sp³-hybridized carbons (Fsp3) is 0.222. The number of alkyl halides is 1. The van der Waals surface area contributed by atoms with Gasteiger partial charge in [0.15, 0.2) is 5.84 Å². The van der Waals surface area contributed by atoms with Crippen LogP contribution in [0.15, 0.2) is 58.6 Å². The Kier molecular flexibility index (Phi) is 6.24. The summed E-state index contributed by atoms with van der Waals surface area (Å²) in [7, 11) is -3.91. The number of nitrogens with one attached hydrogen (secondary N) is 2. The van der Waals surface area contributed by atoms with Crippen LogP contribution in [0.4, 0.5) is 15.8 Å². The second kappa shape index (κ2) is 8.26. The number of hydrogen-bond acceptors (Lipinski definition) is 5. The lowest BCUT2D eigenvalue weighted by Crippen LogP contribution is -2.32. The number of hydrogen-bond donors (Lipinski definition) is 4. The van der Waals surface area contributed by atoms with Crippen molar-refractivity contribution in [2.75, 3.05) is 16.7 Å². The molecule has 2 rings (SSSR count). The maximum Gasteiger partial charge on any atom is 0.261 e. The predicted octanol–water partition coefficient (Wildman–Crippen LogP) is 2.52. The standard InChI is InChI=1S/C18H21FN4O4S/c1-18(2,11-19)17(24)21-13-4-3-5-14(10-13)23-28(26,27)15-8-6-12(7-9-15)16(20)22-25/h3-10,23,25H,11H2,1-2H3,(H2,20,22)(H,21,24). The molecule has 5 N–H and O–H groups in total. The van der Waals surface area contributed by atoms with Crippen molar-refractivity contribution < 1.29 is 22.8 Å². The molecule has 10 heteroatoms. The molecule has 0 atom stereocenters. The van der Waals surface area contributed by atoms with Crippen LogP contribution in [0.25, 0.3) is 0 Å². The average Bonchev–Trinajstić information content (AvgIpc) is 2.67. The molecule has 0 aliphatic rings. The molecule has 0 spiro atoms. The zero-order chi connectivity index (χ0) is 20.9. The molecule has 8 nitrogen and oxygen atoms in total. The van der Waals surface area contributed by atoms with E-state index >= 15 is 0 Å². The summed E-state index contributed by atoms with van der Waals surface area (Å²) >= 11 is 0. The van der Waals surface area contributed by atoms with E-state index in [0.29, 0.717) is 11.3 Å². The second-order valence-corrected chi connectivity index (χ2v) is 8.35. The van der Waals surface area contributed by atoms with Gasteiger partial charge in [0.1, 0.15) is 6.67 Å². The van der Waals surface area contributed by atoms with Crippen LogP contribution >= 0.6 is 0 Å². The second-order valence-electron chi connectivity index (χ2n) is 6.67. The lowest BCUT2D eigenvalue weighted by molar-refractivity contribution is -0.124. The Morgan fingerprint density at radius 2 is 1.79 bits per heavy atom. The molecule has 0 heterocycles. The third kappa shape index (κ3) is 4.97. The number of anilines is 2. The highest BCUT2D eigenvalue weighted by Crippen LogP contribution is 2.23. The monoisotopic (exact) mass is 408 g/mol. The highest BCUT2D eigenvalue weighted by molar-refractivity contribution is 7.92. The molecule has 150 valence electrons. The van der Waals surface area contributed by atoms with Crippen molar-refractivity contribution in [3.05, 3.63) is 54.1 Å². The summed E-state index contributed by atoms with van der Waals surface area (Å²) in [6, 6.07) is 11.5. The van der Waals surface area contributed by atoms with Crippen molar-refractivity contribution in [3.63, 3.8) is 0 Å². The zero-order valence-corrected chi connectivity index (χ0v) is 16.1. The summed E-state index contributed by atoms with van der Waals surface area (Å²) in [6.07, 6.45) is 0. The Labute approximate surface area is 162 Å². The van der Waals surface area contributed by atoms with Crippen LogP contribution in [0.1, 0.15) is 19.4 Å². The number of nitrogens with zero attached hydrogens (tertiary/aromatic N) is 1. The summed E-state index contributed by atoms with van der Waals surface area (Å²) in [5.41, 5.74) is 5.16. The third-order valence-corrected chi connectivity index (χ3v) is 5.29. The Bertz CT molecular complexity index is 989. The van der Waals surface area contributed by atoms with Gasteiger partial charge in [0, 0.05) is 11.3 Å². The molecular weight excluding hydrogens is 387 g/mol. The van der Waals surface area contributed by atoms with Crippen molar-refractivity contribution in [2.24, 2.45) is 16.3 Å². The van der Waals surface area contributed by atoms with Crippen molar-refractivity contribution in [1.29, 1.82) is 0 Å². The SMILES string of the molecule is CC(C)(CF)C(=O)Nc1cccc(NS(=O)(=O)c2ccc(/C(N)=N\O)cc2)c1. The van der Waals surface area contributed by atoms with E-state index in [4.69, 9.17) is 10.9 Å². The molecule has 0 bridgehead atoms. The minimum Gasteiger partial charge on any atom is -0.409 e. The number of nitrogens with two attached hydrogens (primary N) is 1. The normalized spacial score (nSPS) is 12.5. The Hall–Kier alpha value is -3.14. The van der Waals surface area contributed by atoms with E-state index in [1.807, 2.05) is 0 Å². The minimum absolute atomic E-state index is 0.0324. The van der Waals surface area contributed by atoms with Crippen molar-refractivity contribution in [1.82, 2.24) is 0 Å². The predicted molar refractivity (Wildman–Crippen MR) is 105 cm³/mol. The number of amidine groups is 1. The van der Waals surface area contributed by atoms with E-state index in [-0.39, 0.29) is 16.4 Å². The van der Waals surface area contributed by atoms with Crippen LogP contribution in [0.5, 0.6) is 0 Å². The average molecular weight is 408 g/mol. The molecule has 0 saturated carbocycles. The smallest absolute Gasteiger partial charge is 0.261 e. The van der Waals surface area contributed by atoms with Gasteiger partial charge in [-0.05, 0) is 56.3 Å². The van der Waals surface area contributed by atoms with Crippen LogP contribution in [0.2, 0.25) is 0 Å². The summed E-state index contributed by atoms with van der Waals surface area (Å²) in [5, 5.41) is 14.1. The maximum atomic E-state index is 12.9. The number of oxime groups is 1. The van der Waals surface area contributed by atoms with Crippen molar-refractivity contribution in [3.8, 4) is 0 Å². The van der Waals surface area contributed by atoms with Gasteiger partial charge in [0.2, 0.25) is 5.91 Å². The highest BCUT2D eigenvalue weighted by Gasteiger charge is 2.27. The van der Waals surface area contributed by atoms with Gasteiger partial charge in [-0.25, -0.2) is 12.8 Å². The topological polar surface area (TPSA) is 134 Å². The molecule has 0 radical (unpaired) electrons. The van der Waals surface area contributed by atoms with Gasteiger partial charge in [0.05, 0.1) is 16.0 Å². The van der Waals surface area contributed by atoms with Gasteiger partial charge in [0.25, 0.3) is 10.0 Å². The van der Waals surface area contributed by atoms with Gasteiger partial charge in [-0.3, -0.25) is 9.52 Å². The zero-order valence-electron chi connectivity index (χ0n) is 15.3. The molecule has 1 amide bonds. The van der Waals surface area contributed by atoms with Crippen LogP contribution < -0.4 is 15.8 Å². The van der Waals surface area contributed by atoms with Gasteiger partial charge in [-0.2, -0.15) is 0 Å². The van der Waals surface area contributed by atoms with E-state index in [2.05, 4.69) is 15.2 Å². The Morgan fingerprint density at radius 1 is 1.18 bits per heavy atom. The van der Waals surface area contributed by atoms with Crippen LogP contribution in [-0.2, 0) is 14.8 Å². The first-order chi connectivity index (χ1) is 13.1. The third-order valence-electron chi connectivity index (χ3n) is 3.89. The van der Waals surface area contributed by atoms with Crippen molar-refractivity contribution in [2.45, 2.75) is 18.7 Å². The van der Waals surface area contributed by atoms with Crippen LogP contribution in [0, 0.1) is 5.41 Å². The molecule has 2 aromatic carbocycles. The lowest BCUT2D eigenvalue weighted by Gasteiger charge is -2.19. The minimum atomic E-state index is -3.91. The first-order valence-corrected chi connectivity index (χ1v) is 9.65. The summed E-state index contributed by atoms with van der Waals surface area (Å²) in [4.78, 5) is 12.0. The van der Waals surface area contributed by atoms with Gasteiger partial charge >= 0.3 is 0 Å². The van der Waals surface area contributed by atoms with Gasteiger partial charge in [-0.15, -0.1) is 0 Å². The van der Waals surface area contributed by atoms with Gasteiger partial charge < -0.3 is 16.3 Å². The largest absolute Gasteiger partial charge is 0.409 e. The summed E-state index contributed by atoms with van der Waals surface area (Å²) < 4.78 is 40.4. The van der Waals surface area contributed by atoms with E-state index in [1.54, 1.807) is 12.1 Å².